The summed E-state index contributed by atoms with van der Waals surface area (Å²) in [6.45, 7) is 2.14. The zero-order valence-electron chi connectivity index (χ0n) is 11.5. The molecule has 7 heteroatoms. The van der Waals surface area contributed by atoms with Crippen molar-refractivity contribution in [2.45, 2.75) is 26.2 Å². The van der Waals surface area contributed by atoms with Gasteiger partial charge < -0.3 is 4.52 Å². The van der Waals surface area contributed by atoms with Crippen molar-refractivity contribution in [2.24, 2.45) is 0 Å². The van der Waals surface area contributed by atoms with E-state index in [2.05, 4.69) is 56.7 Å². The number of halogens is 1. The summed E-state index contributed by atoms with van der Waals surface area (Å²) in [5.41, 5.74) is 2.98. The Morgan fingerprint density at radius 2 is 1.86 bits per heavy atom. The number of hydrogen-bond acceptors (Lipinski definition) is 5. The van der Waals surface area contributed by atoms with Crippen LogP contribution in [-0.2, 0) is 19.3 Å². The van der Waals surface area contributed by atoms with E-state index in [1.807, 2.05) is 0 Å². The van der Waals surface area contributed by atoms with E-state index < -0.39 is 0 Å². The summed E-state index contributed by atoms with van der Waals surface area (Å²) in [7, 11) is 0. The highest BCUT2D eigenvalue weighted by atomic mass is 35.5. The molecule has 0 amide bonds. The lowest BCUT2D eigenvalue weighted by Crippen LogP contribution is -1.92. The second-order valence-electron chi connectivity index (χ2n) is 4.64. The molecule has 3 aromatic rings. The van der Waals surface area contributed by atoms with Crippen molar-refractivity contribution in [1.29, 1.82) is 0 Å². The van der Waals surface area contributed by atoms with Gasteiger partial charge in [0.05, 0.1) is 0 Å². The number of rotatable bonds is 5. The van der Waals surface area contributed by atoms with Crippen LogP contribution in [-0.4, -0.2) is 25.6 Å². The highest BCUT2D eigenvalue weighted by Gasteiger charge is 2.15. The van der Waals surface area contributed by atoms with Crippen LogP contribution in [0.2, 0.25) is 5.15 Å². The molecule has 0 unspecified atom stereocenters. The summed E-state index contributed by atoms with van der Waals surface area (Å²) in [6.07, 6.45) is 2.57. The average molecular weight is 304 g/mol. The molecule has 0 fully saturated rings. The first-order chi connectivity index (χ1) is 10.3. The smallest absolute Gasteiger partial charge is 0.227 e. The van der Waals surface area contributed by atoms with Gasteiger partial charge in [-0.1, -0.05) is 47.9 Å². The second kappa shape index (κ2) is 6.05. The van der Waals surface area contributed by atoms with Crippen molar-refractivity contribution < 1.29 is 4.52 Å². The van der Waals surface area contributed by atoms with Crippen molar-refractivity contribution in [2.75, 3.05) is 0 Å². The monoisotopic (exact) mass is 303 g/mol. The van der Waals surface area contributed by atoms with E-state index in [0.29, 0.717) is 23.8 Å². The molecule has 6 nitrogen and oxygen atoms in total. The van der Waals surface area contributed by atoms with Crippen LogP contribution in [0.5, 0.6) is 0 Å². The van der Waals surface area contributed by atoms with Gasteiger partial charge in [0.15, 0.2) is 10.8 Å². The van der Waals surface area contributed by atoms with Gasteiger partial charge in [0.25, 0.3) is 0 Å². The van der Waals surface area contributed by atoms with Gasteiger partial charge in [-0.05, 0) is 24.0 Å². The first-order valence-electron chi connectivity index (χ1n) is 6.73. The van der Waals surface area contributed by atoms with Crippen molar-refractivity contribution in [3.8, 4) is 11.5 Å². The van der Waals surface area contributed by atoms with Crippen LogP contribution < -0.4 is 0 Å². The first-order valence-corrected chi connectivity index (χ1v) is 7.11. The van der Waals surface area contributed by atoms with Crippen LogP contribution in [0.3, 0.4) is 0 Å². The Morgan fingerprint density at radius 1 is 1.10 bits per heavy atom. The highest BCUT2D eigenvalue weighted by molar-refractivity contribution is 6.31. The van der Waals surface area contributed by atoms with Gasteiger partial charge in [0.2, 0.25) is 11.7 Å². The maximum Gasteiger partial charge on any atom is 0.227 e. The van der Waals surface area contributed by atoms with Crippen LogP contribution in [0.1, 0.15) is 23.9 Å². The van der Waals surface area contributed by atoms with Crippen LogP contribution in [0.15, 0.2) is 28.8 Å². The van der Waals surface area contributed by atoms with E-state index in [-0.39, 0.29) is 5.15 Å². The number of aromatic amines is 1. The number of hydrogen-bond donors (Lipinski definition) is 1. The van der Waals surface area contributed by atoms with Gasteiger partial charge in [-0.3, -0.25) is 0 Å². The predicted molar refractivity (Wildman–Crippen MR) is 77.9 cm³/mol. The minimum atomic E-state index is 0.234. The molecule has 0 aliphatic heterocycles. The number of aromatic nitrogens is 5. The quantitative estimate of drug-likeness (QED) is 0.784. The number of benzene rings is 1. The fourth-order valence-corrected chi connectivity index (χ4v) is 2.17. The Bertz CT molecular complexity index is 719. The van der Waals surface area contributed by atoms with E-state index in [1.165, 1.54) is 11.1 Å². The van der Waals surface area contributed by atoms with Gasteiger partial charge in [-0.15, -0.1) is 5.10 Å². The Hall–Kier alpha value is -2.21. The molecule has 2 aromatic heterocycles. The molecule has 108 valence electrons. The molecule has 0 spiro atoms. The van der Waals surface area contributed by atoms with Crippen LogP contribution in [0, 0.1) is 0 Å². The maximum absolute atomic E-state index is 5.86. The third-order valence-corrected chi connectivity index (χ3v) is 3.51. The molecule has 0 saturated heterocycles. The molecule has 3 rings (SSSR count). The molecule has 0 aliphatic rings. The first kappa shape index (κ1) is 13.8. The zero-order chi connectivity index (χ0) is 14.7. The number of H-pyrrole nitrogens is 1. The lowest BCUT2D eigenvalue weighted by molar-refractivity contribution is 0.378. The number of nitrogens with one attached hydrogen (secondary N) is 1. The van der Waals surface area contributed by atoms with Crippen molar-refractivity contribution in [3.63, 3.8) is 0 Å². The zero-order valence-corrected chi connectivity index (χ0v) is 12.3. The molecule has 2 heterocycles. The topological polar surface area (TPSA) is 80.5 Å². The van der Waals surface area contributed by atoms with E-state index in [0.717, 1.165) is 12.8 Å². The molecule has 0 aliphatic carbocycles. The molecular weight excluding hydrogens is 290 g/mol. The third-order valence-electron chi connectivity index (χ3n) is 3.24. The normalized spacial score (nSPS) is 11.0. The molecule has 1 aromatic carbocycles. The fraction of sp³-hybridized carbons (Fsp3) is 0.286. The van der Waals surface area contributed by atoms with E-state index in [1.54, 1.807) is 0 Å². The standard InChI is InChI=1S/C14H14ClN5O/c1-2-9-3-5-10(6-4-9)7-8-11-16-14(19-21-11)12-13(15)18-20-17-12/h3-6H,2,7-8H2,1H3,(H,17,18,20). The molecule has 1 N–H and O–H groups in total. The molecule has 0 radical (unpaired) electrons. The Labute approximate surface area is 126 Å². The number of nitrogens with zero attached hydrogens (tertiary/aromatic N) is 4. The summed E-state index contributed by atoms with van der Waals surface area (Å²) in [5.74, 6) is 0.911. The van der Waals surface area contributed by atoms with Crippen molar-refractivity contribution in [1.82, 2.24) is 25.6 Å². The molecular formula is C14H14ClN5O. The molecule has 0 atom stereocenters. The Morgan fingerprint density at radius 3 is 2.52 bits per heavy atom. The lowest BCUT2D eigenvalue weighted by atomic mass is 10.1. The minimum absolute atomic E-state index is 0.234. The van der Waals surface area contributed by atoms with Crippen LogP contribution in [0.4, 0.5) is 0 Å². The van der Waals surface area contributed by atoms with Crippen LogP contribution >= 0.6 is 11.6 Å². The van der Waals surface area contributed by atoms with Gasteiger partial charge in [0.1, 0.15) is 0 Å². The second-order valence-corrected chi connectivity index (χ2v) is 5.00. The molecule has 21 heavy (non-hydrogen) atoms. The lowest BCUT2D eigenvalue weighted by Gasteiger charge is -2.00. The number of aryl methyl sites for hydroxylation is 3. The maximum atomic E-state index is 5.86. The average Bonchev–Trinajstić information content (AvgIpc) is 3.14. The minimum Gasteiger partial charge on any atom is -0.339 e. The van der Waals surface area contributed by atoms with Crippen LogP contribution in [0.25, 0.3) is 11.5 Å². The summed E-state index contributed by atoms with van der Waals surface area (Å²) in [6, 6.07) is 8.54. The SMILES string of the molecule is CCc1ccc(CCc2nc(-c3n[nH]nc3Cl)no2)cc1. The van der Waals surface area contributed by atoms with Gasteiger partial charge in [-0.25, -0.2) is 0 Å². The van der Waals surface area contributed by atoms with Gasteiger partial charge >= 0.3 is 0 Å². The summed E-state index contributed by atoms with van der Waals surface area (Å²) < 4.78 is 5.21. The predicted octanol–water partition coefficient (Wildman–Crippen LogP) is 2.86. The third kappa shape index (κ3) is 3.11. The Kier molecular flexibility index (Phi) is 3.96. The summed E-state index contributed by atoms with van der Waals surface area (Å²) >= 11 is 5.86. The summed E-state index contributed by atoms with van der Waals surface area (Å²) in [5, 5.41) is 14.1. The Balaban J connectivity index is 1.66. The van der Waals surface area contributed by atoms with Gasteiger partial charge in [0, 0.05) is 6.42 Å². The largest absolute Gasteiger partial charge is 0.339 e. The molecule has 0 bridgehead atoms. The summed E-state index contributed by atoms with van der Waals surface area (Å²) in [4.78, 5) is 4.28. The fourth-order valence-electron chi connectivity index (χ4n) is 2.01. The highest BCUT2D eigenvalue weighted by Crippen LogP contribution is 2.20. The van der Waals surface area contributed by atoms with E-state index in [9.17, 15) is 0 Å². The van der Waals surface area contributed by atoms with E-state index in [4.69, 9.17) is 16.1 Å². The van der Waals surface area contributed by atoms with E-state index >= 15 is 0 Å². The molecule has 0 saturated carbocycles. The van der Waals surface area contributed by atoms with Crippen molar-refractivity contribution >= 4 is 11.6 Å². The van der Waals surface area contributed by atoms with Gasteiger partial charge in [-0.2, -0.15) is 15.3 Å². The van der Waals surface area contributed by atoms with Crippen molar-refractivity contribution in [3.05, 3.63) is 46.4 Å².